The van der Waals surface area contributed by atoms with Gasteiger partial charge in [0.25, 0.3) is 0 Å². The van der Waals surface area contributed by atoms with Crippen molar-refractivity contribution >= 4 is 38.6 Å². The van der Waals surface area contributed by atoms with Gasteiger partial charge in [0, 0.05) is 11.5 Å². The highest BCUT2D eigenvalue weighted by molar-refractivity contribution is 7.61. The van der Waals surface area contributed by atoms with Crippen LogP contribution < -0.4 is 11.1 Å². The fourth-order valence-electron chi connectivity index (χ4n) is 3.75. The molecule has 2 fully saturated rings. The second-order valence-corrected chi connectivity index (χ2v) is 11.2. The molecule has 0 spiro atoms. The summed E-state index contributed by atoms with van der Waals surface area (Å²) in [6, 6.07) is -0.948. The lowest BCUT2D eigenvalue weighted by Crippen LogP contribution is -2.36. The number of β-amino-alcohol motifs (C(OH)–C–C–N with tert-alkyl or cyclic N) is 1. The van der Waals surface area contributed by atoms with Crippen molar-refractivity contribution in [1.29, 1.82) is 0 Å². The molecule has 21 nitrogen and oxygen atoms in total. The third-order valence-corrected chi connectivity index (χ3v) is 8.20. The first-order valence-electron chi connectivity index (χ1n) is 10.6. The Morgan fingerprint density at radius 3 is 2.47 bits per heavy atom. The minimum absolute atomic E-state index is 0.00584. The van der Waals surface area contributed by atoms with Gasteiger partial charge in [-0.2, -0.15) is 4.31 Å². The van der Waals surface area contributed by atoms with E-state index in [-0.39, 0.29) is 29.5 Å². The number of ether oxygens (including phenoxy) is 1. The van der Waals surface area contributed by atoms with E-state index in [0.717, 1.165) is 10.9 Å². The number of fused-ring (bicyclic) bond motifs is 1. The van der Waals surface area contributed by atoms with Crippen LogP contribution in [0.3, 0.4) is 0 Å². The zero-order chi connectivity index (χ0) is 27.8. The van der Waals surface area contributed by atoms with Gasteiger partial charge in [-0.1, -0.05) is 0 Å². The molecule has 0 aromatic carbocycles. The number of nitrogens with two attached hydrogens (primary N) is 1. The van der Waals surface area contributed by atoms with Crippen molar-refractivity contribution in [3.8, 4) is 0 Å². The van der Waals surface area contributed by atoms with E-state index in [9.17, 15) is 39.3 Å². The van der Waals surface area contributed by atoms with E-state index in [1.807, 2.05) is 0 Å². The number of nitrogens with zero attached hydrogens (tertiary/aromatic N) is 7. The molecule has 0 radical (unpaired) electrons. The molecule has 4 rings (SSSR count). The number of nitrogens with one attached hydrogen (secondary N) is 1. The largest absolute Gasteiger partial charge is 0.481 e. The maximum absolute atomic E-state index is 12.2. The Morgan fingerprint density at radius 2 is 1.84 bits per heavy atom. The average molecular weight is 583 g/mol. The lowest BCUT2D eigenvalue weighted by atomic mass is 10.1. The number of imidazole rings is 1. The predicted molar refractivity (Wildman–Crippen MR) is 121 cm³/mol. The average Bonchev–Trinajstić information content (AvgIpc) is 3.48. The summed E-state index contributed by atoms with van der Waals surface area (Å²) >= 11 is 0. The molecule has 9 N–H and O–H groups in total. The van der Waals surface area contributed by atoms with Crippen molar-refractivity contribution in [2.75, 3.05) is 25.5 Å². The van der Waals surface area contributed by atoms with Crippen molar-refractivity contribution in [2.45, 2.75) is 42.8 Å². The Balaban J connectivity index is 1.39. The lowest BCUT2D eigenvalue weighted by Gasteiger charge is -2.21. The number of aliphatic hydroxyl groups excluding tert-OH is 4. The zero-order valence-electron chi connectivity index (χ0n) is 19.0. The third-order valence-electron chi connectivity index (χ3n) is 5.60. The summed E-state index contributed by atoms with van der Waals surface area (Å²) in [6.45, 7) is -1.56. The number of rotatable bonds is 10. The Bertz CT molecular complexity index is 1320. The van der Waals surface area contributed by atoms with Crippen LogP contribution in [0, 0.1) is 0 Å². The molecule has 2 aliphatic heterocycles. The first-order valence-corrected chi connectivity index (χ1v) is 13.6. The summed E-state index contributed by atoms with van der Waals surface area (Å²) in [5.41, 5.74) is 14.4. The molecule has 0 saturated carbocycles. The van der Waals surface area contributed by atoms with Gasteiger partial charge >= 0.3 is 15.6 Å². The van der Waals surface area contributed by atoms with Gasteiger partial charge in [0.1, 0.15) is 23.8 Å². The van der Waals surface area contributed by atoms with E-state index < -0.39 is 71.6 Å². The highest BCUT2D eigenvalue weighted by Crippen LogP contribution is 2.60. The second kappa shape index (κ2) is 11.0. The molecular weight excluding hydrogens is 560 g/mol. The van der Waals surface area contributed by atoms with E-state index in [1.165, 1.54) is 0 Å². The summed E-state index contributed by atoms with van der Waals surface area (Å²) < 4.78 is 44.4. The summed E-state index contributed by atoms with van der Waals surface area (Å²) in [7, 11) is -10.5. The Labute approximate surface area is 211 Å². The molecule has 0 aliphatic carbocycles. The fourth-order valence-corrected chi connectivity index (χ4v) is 5.86. The maximum Gasteiger partial charge on any atom is 0.481 e. The van der Waals surface area contributed by atoms with Crippen LogP contribution in [0.15, 0.2) is 11.4 Å². The molecule has 38 heavy (non-hydrogen) atoms. The number of phosphoric ester groups is 2. The van der Waals surface area contributed by atoms with Crippen molar-refractivity contribution in [3.05, 3.63) is 16.8 Å². The van der Waals surface area contributed by atoms with Gasteiger partial charge in [0.15, 0.2) is 17.7 Å². The number of azide groups is 1. The van der Waals surface area contributed by atoms with Crippen LogP contribution in [0.25, 0.3) is 21.6 Å². The number of aromatic nitrogens is 4. The summed E-state index contributed by atoms with van der Waals surface area (Å²) in [6.07, 6.45) is -7.46. The van der Waals surface area contributed by atoms with Crippen LogP contribution in [0.4, 0.5) is 11.8 Å². The van der Waals surface area contributed by atoms with Crippen LogP contribution in [-0.4, -0.2) is 106 Å². The maximum atomic E-state index is 12.2. The monoisotopic (exact) mass is 583 g/mol. The molecule has 3 unspecified atom stereocenters. The van der Waals surface area contributed by atoms with Gasteiger partial charge < -0.3 is 46.0 Å². The van der Waals surface area contributed by atoms with Crippen LogP contribution in [-0.2, 0) is 27.2 Å². The third kappa shape index (κ3) is 6.12. The first-order chi connectivity index (χ1) is 17.8. The van der Waals surface area contributed by atoms with Gasteiger partial charge in [-0.05, 0) is 10.6 Å². The Kier molecular flexibility index (Phi) is 8.34. The molecule has 2 aromatic heterocycles. The number of aliphatic hydroxyl groups is 4. The fraction of sp³-hybridized carbons (Fsp3) is 0.667. The Hall–Kier alpha value is -2.32. The molecule has 0 bridgehead atoms. The number of phosphoric acid groups is 2. The van der Waals surface area contributed by atoms with Crippen molar-refractivity contribution in [1.82, 2.24) is 24.8 Å². The van der Waals surface area contributed by atoms with Gasteiger partial charge in [-0.25, -0.2) is 24.1 Å². The van der Waals surface area contributed by atoms with E-state index >= 15 is 0 Å². The molecule has 2 saturated heterocycles. The van der Waals surface area contributed by atoms with Gasteiger partial charge in [-0.3, -0.25) is 13.6 Å². The normalized spacial score (nSPS) is 32.6. The predicted octanol–water partition coefficient (Wildman–Crippen LogP) is -2.09. The van der Waals surface area contributed by atoms with Crippen LogP contribution in [0.5, 0.6) is 0 Å². The molecule has 23 heteroatoms. The molecule has 210 valence electrons. The lowest BCUT2D eigenvalue weighted by molar-refractivity contribution is -0.0504. The SMILES string of the molecule is [N-]=[N+]=Nc1nc(N)c2ncn([C@@H]3OC(COP(=O)(O)OP(=O)(O)OC[C@@H]4NC[C@@H](O)[C@H]4O)[C@@H](O)[C@H]3O)c2n1. The molecule has 0 amide bonds. The quantitative estimate of drug-likeness (QED) is 0.0643. The first kappa shape index (κ1) is 28.7. The van der Waals surface area contributed by atoms with Crippen molar-refractivity contribution < 1.29 is 57.4 Å². The van der Waals surface area contributed by atoms with E-state index in [2.05, 4.69) is 43.7 Å². The molecule has 9 atom stereocenters. The number of anilines is 1. The summed E-state index contributed by atoms with van der Waals surface area (Å²) in [5.74, 6) is -0.497. The number of hydrogen-bond donors (Lipinski definition) is 8. The van der Waals surface area contributed by atoms with E-state index in [0.29, 0.717) is 0 Å². The van der Waals surface area contributed by atoms with Gasteiger partial charge in [-0.15, -0.1) is 0 Å². The van der Waals surface area contributed by atoms with E-state index in [1.54, 1.807) is 0 Å². The topological polar surface area (TPSA) is 323 Å². The highest BCUT2D eigenvalue weighted by Gasteiger charge is 2.46. The van der Waals surface area contributed by atoms with Crippen LogP contribution >= 0.6 is 15.6 Å². The number of hydrogen-bond acceptors (Lipinski definition) is 16. The summed E-state index contributed by atoms with van der Waals surface area (Å²) in [5, 5.41) is 45.9. The van der Waals surface area contributed by atoms with Crippen LogP contribution in [0.1, 0.15) is 6.23 Å². The minimum Gasteiger partial charge on any atom is -0.389 e. The standard InChI is InChI=1S/C15H23N9O12P2/c16-12-8-13(21-15(20-12)22-23-17)24(4-19-8)14-11(28)10(27)7(35-14)3-34-38(31,32)36-37(29,30)33-2-5-9(26)6(25)1-18-5/h4-7,9-11,14,18,25-28H,1-3H2,(H,29,30)(H,31,32)(H2,16,20,21)/t5-,6+,7?,9-,10+,11+,14+/m0/s1. The highest BCUT2D eigenvalue weighted by atomic mass is 31.3. The second-order valence-electron chi connectivity index (χ2n) is 8.15. The van der Waals surface area contributed by atoms with E-state index in [4.69, 9.17) is 16.0 Å². The number of nitrogen functional groups attached to an aromatic ring is 1. The minimum atomic E-state index is -5.29. The smallest absolute Gasteiger partial charge is 0.389 e. The molecule has 2 aliphatic rings. The zero-order valence-corrected chi connectivity index (χ0v) is 20.8. The van der Waals surface area contributed by atoms with Gasteiger partial charge in [0.05, 0.1) is 37.8 Å². The molecule has 4 heterocycles. The Morgan fingerprint density at radius 1 is 1.16 bits per heavy atom. The molecular formula is C15H23N9O12P2. The van der Waals surface area contributed by atoms with Crippen molar-refractivity contribution in [3.63, 3.8) is 0 Å². The van der Waals surface area contributed by atoms with Crippen LogP contribution in [0.2, 0.25) is 0 Å². The van der Waals surface area contributed by atoms with Crippen molar-refractivity contribution in [2.24, 2.45) is 5.11 Å². The summed E-state index contributed by atoms with van der Waals surface area (Å²) in [4.78, 5) is 33.9. The molecule has 2 aromatic rings. The van der Waals surface area contributed by atoms with Gasteiger partial charge in [0.2, 0.25) is 5.95 Å².